The van der Waals surface area contributed by atoms with Crippen molar-refractivity contribution in [1.29, 1.82) is 0 Å². The second kappa shape index (κ2) is 9.49. The molecule has 0 aliphatic carbocycles. The highest BCUT2D eigenvalue weighted by atomic mass is 16.5. The van der Waals surface area contributed by atoms with Gasteiger partial charge in [-0.25, -0.2) is 5.43 Å². The zero-order valence-corrected chi connectivity index (χ0v) is 17.1. The van der Waals surface area contributed by atoms with Gasteiger partial charge in [0.2, 0.25) is 5.91 Å². The van der Waals surface area contributed by atoms with Gasteiger partial charge in [-0.2, -0.15) is 0 Å². The molecular weight excluding hydrogens is 374 g/mol. The average Bonchev–Trinajstić information content (AvgIpc) is 3.26. The number of methoxy groups -OCH3 is 4. The lowest BCUT2D eigenvalue weighted by atomic mass is 9.93. The van der Waals surface area contributed by atoms with E-state index < -0.39 is 0 Å². The largest absolute Gasteiger partial charge is 0.497 e. The summed E-state index contributed by atoms with van der Waals surface area (Å²) in [7, 11) is 6.39. The van der Waals surface area contributed by atoms with Gasteiger partial charge in [0, 0.05) is 18.7 Å². The minimum absolute atomic E-state index is 0.0628. The van der Waals surface area contributed by atoms with E-state index in [1.165, 1.54) is 0 Å². The molecule has 1 amide bonds. The van der Waals surface area contributed by atoms with Gasteiger partial charge < -0.3 is 24.3 Å². The maximum Gasteiger partial charge on any atom is 0.226 e. The van der Waals surface area contributed by atoms with Gasteiger partial charge in [0.25, 0.3) is 0 Å². The summed E-state index contributed by atoms with van der Waals surface area (Å²) in [6, 6.07) is 11.0. The first kappa shape index (κ1) is 20.8. The van der Waals surface area contributed by atoms with Crippen LogP contribution in [0.15, 0.2) is 36.4 Å². The highest BCUT2D eigenvalue weighted by Gasteiger charge is 2.34. The molecule has 2 aromatic carbocycles. The summed E-state index contributed by atoms with van der Waals surface area (Å²) in [4.78, 5) is 12.9. The lowest BCUT2D eigenvalue weighted by Gasteiger charge is -2.20. The summed E-state index contributed by atoms with van der Waals surface area (Å²) in [5.41, 5.74) is 8.04. The van der Waals surface area contributed by atoms with Crippen LogP contribution >= 0.6 is 0 Å². The number of amides is 1. The van der Waals surface area contributed by atoms with Crippen LogP contribution in [-0.4, -0.2) is 40.9 Å². The number of benzene rings is 2. The van der Waals surface area contributed by atoms with Crippen molar-refractivity contribution in [3.8, 4) is 23.0 Å². The zero-order chi connectivity index (χ0) is 20.8. The van der Waals surface area contributed by atoms with Gasteiger partial charge >= 0.3 is 0 Å². The van der Waals surface area contributed by atoms with Gasteiger partial charge in [0.05, 0.1) is 40.4 Å². The van der Waals surface area contributed by atoms with E-state index in [0.29, 0.717) is 36.1 Å². The van der Waals surface area contributed by atoms with Crippen LogP contribution in [0.4, 0.5) is 0 Å². The fourth-order valence-corrected chi connectivity index (χ4v) is 3.44. The number of carbonyl (C=O) groups excluding carboxylic acids is 1. The van der Waals surface area contributed by atoms with Crippen LogP contribution in [0.5, 0.6) is 23.0 Å². The molecule has 0 bridgehead atoms. The predicted molar refractivity (Wildman–Crippen MR) is 108 cm³/mol. The lowest BCUT2D eigenvalue weighted by Crippen LogP contribution is -2.34. The first-order valence-electron chi connectivity index (χ1n) is 9.30. The summed E-state index contributed by atoms with van der Waals surface area (Å²) in [6.45, 7) is 0.856. The number of hydrogen-bond acceptors (Lipinski definition) is 7. The number of hydrazine groups is 1. The molecule has 1 aliphatic rings. The summed E-state index contributed by atoms with van der Waals surface area (Å²) in [5.74, 6) is 2.33. The highest BCUT2D eigenvalue weighted by Crippen LogP contribution is 2.33. The molecule has 1 aliphatic heterocycles. The Morgan fingerprint density at radius 3 is 2.38 bits per heavy atom. The first-order valence-corrected chi connectivity index (χ1v) is 9.30. The van der Waals surface area contributed by atoms with Crippen LogP contribution in [0.3, 0.4) is 0 Å². The molecule has 2 unspecified atom stereocenters. The fraction of sp³-hybridized carbons (Fsp3) is 0.381. The third kappa shape index (κ3) is 4.55. The molecule has 1 heterocycles. The molecule has 0 spiro atoms. The Bertz CT molecular complexity index is 858. The van der Waals surface area contributed by atoms with Crippen molar-refractivity contribution in [2.75, 3.05) is 35.0 Å². The molecule has 8 heteroatoms. The van der Waals surface area contributed by atoms with Crippen molar-refractivity contribution in [1.82, 2.24) is 16.2 Å². The smallest absolute Gasteiger partial charge is 0.226 e. The third-order valence-electron chi connectivity index (χ3n) is 5.03. The van der Waals surface area contributed by atoms with Crippen molar-refractivity contribution >= 4 is 5.91 Å². The van der Waals surface area contributed by atoms with Crippen LogP contribution < -0.4 is 35.1 Å². The topological polar surface area (TPSA) is 90.1 Å². The Morgan fingerprint density at radius 2 is 1.69 bits per heavy atom. The molecule has 0 aromatic heterocycles. The molecule has 0 saturated carbocycles. The molecular formula is C21H27N3O5. The summed E-state index contributed by atoms with van der Waals surface area (Å²) in [6.07, 6.45) is 0. The lowest BCUT2D eigenvalue weighted by molar-refractivity contribution is -0.125. The Labute approximate surface area is 170 Å². The summed E-state index contributed by atoms with van der Waals surface area (Å²) >= 11 is 0. The monoisotopic (exact) mass is 401 g/mol. The quantitative estimate of drug-likeness (QED) is 0.621. The van der Waals surface area contributed by atoms with E-state index in [2.05, 4.69) is 16.2 Å². The van der Waals surface area contributed by atoms with Gasteiger partial charge in [-0.1, -0.05) is 6.07 Å². The van der Waals surface area contributed by atoms with Gasteiger partial charge in [0.1, 0.15) is 11.5 Å². The van der Waals surface area contributed by atoms with E-state index in [-0.39, 0.29) is 17.9 Å². The van der Waals surface area contributed by atoms with Crippen LogP contribution in [-0.2, 0) is 11.3 Å². The first-order chi connectivity index (χ1) is 14.1. The molecule has 2 aromatic rings. The molecule has 3 N–H and O–H groups in total. The van der Waals surface area contributed by atoms with Crippen LogP contribution in [0, 0.1) is 5.92 Å². The Hall–Kier alpha value is -2.97. The number of ether oxygens (including phenoxy) is 4. The standard InChI is InChI=1S/C21H27N3O5/c1-26-15-6-8-17(27-2)14(9-15)11-22-21(25)16-12-23-24-20(16)13-5-7-18(28-3)19(10-13)29-4/h5-10,16,20,23-24H,11-12H2,1-4H3,(H,22,25). The van der Waals surface area contributed by atoms with E-state index in [1.54, 1.807) is 28.4 Å². The number of carbonyl (C=O) groups is 1. The van der Waals surface area contributed by atoms with Gasteiger partial charge in [-0.15, -0.1) is 0 Å². The van der Waals surface area contributed by atoms with Crippen molar-refractivity contribution < 1.29 is 23.7 Å². The van der Waals surface area contributed by atoms with Crippen LogP contribution in [0.2, 0.25) is 0 Å². The second-order valence-corrected chi connectivity index (χ2v) is 6.62. The molecule has 29 heavy (non-hydrogen) atoms. The van der Waals surface area contributed by atoms with Crippen LogP contribution in [0.1, 0.15) is 17.2 Å². The highest BCUT2D eigenvalue weighted by molar-refractivity contribution is 5.80. The summed E-state index contributed by atoms with van der Waals surface area (Å²) in [5, 5.41) is 3.01. The molecule has 0 radical (unpaired) electrons. The van der Waals surface area contributed by atoms with Crippen molar-refractivity contribution in [2.24, 2.45) is 5.92 Å². The third-order valence-corrected chi connectivity index (χ3v) is 5.03. The van der Waals surface area contributed by atoms with E-state index in [4.69, 9.17) is 18.9 Å². The normalized spacial score (nSPS) is 18.2. The average molecular weight is 401 g/mol. The number of hydrogen-bond donors (Lipinski definition) is 3. The van der Waals surface area contributed by atoms with Gasteiger partial charge in [-0.05, 0) is 35.9 Å². The molecule has 2 atom stereocenters. The van der Waals surface area contributed by atoms with E-state index in [9.17, 15) is 4.79 Å². The zero-order valence-electron chi connectivity index (χ0n) is 17.1. The predicted octanol–water partition coefficient (Wildman–Crippen LogP) is 1.80. The van der Waals surface area contributed by atoms with E-state index in [1.807, 2.05) is 36.4 Å². The molecule has 3 rings (SSSR count). The van der Waals surface area contributed by atoms with E-state index >= 15 is 0 Å². The van der Waals surface area contributed by atoms with Crippen molar-refractivity contribution in [2.45, 2.75) is 12.6 Å². The second-order valence-electron chi connectivity index (χ2n) is 6.62. The maximum absolute atomic E-state index is 12.9. The molecule has 1 saturated heterocycles. The minimum Gasteiger partial charge on any atom is -0.497 e. The van der Waals surface area contributed by atoms with Crippen molar-refractivity contribution in [3.05, 3.63) is 47.5 Å². The van der Waals surface area contributed by atoms with E-state index in [0.717, 1.165) is 11.1 Å². The molecule has 8 nitrogen and oxygen atoms in total. The molecule has 156 valence electrons. The minimum atomic E-state index is -0.287. The summed E-state index contributed by atoms with van der Waals surface area (Å²) < 4.78 is 21.3. The SMILES string of the molecule is COc1ccc(OC)c(CNC(=O)C2CNNC2c2ccc(OC)c(OC)c2)c1. The number of rotatable bonds is 8. The molecule has 1 fully saturated rings. The number of nitrogens with one attached hydrogen (secondary N) is 3. The Balaban J connectivity index is 1.72. The van der Waals surface area contributed by atoms with Gasteiger partial charge in [-0.3, -0.25) is 10.2 Å². The van der Waals surface area contributed by atoms with Crippen molar-refractivity contribution in [3.63, 3.8) is 0 Å². The Kier molecular flexibility index (Phi) is 6.79. The van der Waals surface area contributed by atoms with Gasteiger partial charge in [0.15, 0.2) is 11.5 Å². The maximum atomic E-state index is 12.9. The fourth-order valence-electron chi connectivity index (χ4n) is 3.44. The van der Waals surface area contributed by atoms with Crippen LogP contribution in [0.25, 0.3) is 0 Å². The Morgan fingerprint density at radius 1 is 0.966 bits per heavy atom.